The number of nitrogens with one attached hydrogen (secondary N) is 1. The van der Waals surface area contributed by atoms with Crippen molar-refractivity contribution in [1.29, 1.82) is 0 Å². The van der Waals surface area contributed by atoms with Gasteiger partial charge in [-0.2, -0.15) is 18.3 Å². The average Bonchev–Trinajstić information content (AvgIpc) is 3.88. The molecule has 0 spiro atoms. The lowest BCUT2D eigenvalue weighted by Gasteiger charge is -2.26. The topological polar surface area (TPSA) is 103 Å². The van der Waals surface area contributed by atoms with E-state index in [1.807, 2.05) is 103 Å². The van der Waals surface area contributed by atoms with E-state index in [9.17, 15) is 13.2 Å². The van der Waals surface area contributed by atoms with E-state index in [1.165, 1.54) is 11.6 Å². The summed E-state index contributed by atoms with van der Waals surface area (Å²) in [5, 5.41) is 9.81. The van der Waals surface area contributed by atoms with E-state index in [4.69, 9.17) is 44.8 Å². The molecule has 6 aromatic rings. The molecule has 0 bridgehead atoms. The first-order valence-electron chi connectivity index (χ1n) is 22.9. The molecular formula is C53H59ClF3N5O7. The molecule has 7 rings (SSSR count). The Bertz CT molecular complexity index is 2650. The normalized spacial score (nSPS) is 12.8. The third-order valence-electron chi connectivity index (χ3n) is 11.2. The molecule has 0 atom stereocenters. The summed E-state index contributed by atoms with van der Waals surface area (Å²) in [7, 11) is 1.83. The van der Waals surface area contributed by atoms with Crippen LogP contribution in [0.4, 0.5) is 18.9 Å². The number of nitrogens with zero attached hydrogens (tertiary/aromatic N) is 4. The van der Waals surface area contributed by atoms with Gasteiger partial charge in [0.05, 0.1) is 77.5 Å². The van der Waals surface area contributed by atoms with Gasteiger partial charge in [-0.1, -0.05) is 55.6 Å². The van der Waals surface area contributed by atoms with Gasteiger partial charge in [0.1, 0.15) is 23.9 Å². The number of halogens is 4. The lowest BCUT2D eigenvalue weighted by molar-refractivity contribution is -0.0939. The second kappa shape index (κ2) is 25.5. The Labute approximate surface area is 406 Å². The highest BCUT2D eigenvalue weighted by atomic mass is 35.5. The van der Waals surface area contributed by atoms with Gasteiger partial charge in [0, 0.05) is 65.5 Å². The lowest BCUT2D eigenvalue weighted by atomic mass is 10.0. The fourth-order valence-corrected chi connectivity index (χ4v) is 7.80. The average molecular weight is 971 g/mol. The summed E-state index contributed by atoms with van der Waals surface area (Å²) >= 11 is 6.15. The van der Waals surface area contributed by atoms with E-state index in [2.05, 4.69) is 40.6 Å². The van der Waals surface area contributed by atoms with E-state index in [1.54, 1.807) is 10.8 Å². The van der Waals surface area contributed by atoms with Crippen LogP contribution in [0, 0.1) is 0 Å². The zero-order valence-corrected chi connectivity index (χ0v) is 39.6. The SMILES string of the molecule is C=C(NCCOCCOCCOCCOCCOCCOc1ccc(Oc2ccc(N(Cc3ccccc3)C(=C)CCl)cc2)cc1)c1ccc2c(c1)c1cn(C)nc1n2C1=CC=C(C(F)(F)F)CC1. The molecule has 12 nitrogen and oxygen atoms in total. The predicted molar refractivity (Wildman–Crippen MR) is 266 cm³/mol. The van der Waals surface area contributed by atoms with E-state index in [0.717, 1.165) is 50.4 Å². The molecule has 0 saturated heterocycles. The molecule has 1 N–H and O–H groups in total. The molecule has 4 aromatic carbocycles. The number of benzene rings is 4. The van der Waals surface area contributed by atoms with Crippen molar-refractivity contribution >= 4 is 50.6 Å². The molecule has 0 radical (unpaired) electrons. The van der Waals surface area contributed by atoms with Gasteiger partial charge in [0.25, 0.3) is 0 Å². The Morgan fingerprint density at radius 1 is 0.710 bits per heavy atom. The number of aromatic nitrogens is 3. The van der Waals surface area contributed by atoms with E-state index < -0.39 is 11.7 Å². The third-order valence-corrected chi connectivity index (χ3v) is 11.5. The lowest BCUT2D eigenvalue weighted by Crippen LogP contribution is -2.22. The number of aryl methyl sites for hydroxylation is 1. The maximum absolute atomic E-state index is 13.3. The molecule has 16 heteroatoms. The van der Waals surface area contributed by atoms with Crippen molar-refractivity contribution in [2.24, 2.45) is 7.05 Å². The summed E-state index contributed by atoms with van der Waals surface area (Å²) in [6, 6.07) is 31.5. The molecule has 0 fully saturated rings. The maximum atomic E-state index is 13.3. The number of hydrogen-bond donors (Lipinski definition) is 1. The first-order valence-corrected chi connectivity index (χ1v) is 23.4. The van der Waals surface area contributed by atoms with Gasteiger partial charge in [-0.05, 0) is 90.7 Å². The second-order valence-corrected chi connectivity index (χ2v) is 16.4. The smallest absolute Gasteiger partial charge is 0.412 e. The number of anilines is 1. The van der Waals surface area contributed by atoms with Crippen LogP contribution in [0.2, 0.25) is 0 Å². The molecule has 1 aliphatic carbocycles. The Hall–Kier alpha value is -6.07. The van der Waals surface area contributed by atoms with E-state index in [0.29, 0.717) is 109 Å². The van der Waals surface area contributed by atoms with Crippen molar-refractivity contribution in [3.63, 3.8) is 0 Å². The summed E-state index contributed by atoms with van der Waals surface area (Å²) in [5.41, 5.74) is 6.44. The first-order chi connectivity index (χ1) is 33.6. The van der Waals surface area contributed by atoms with Crippen molar-refractivity contribution in [3.05, 3.63) is 151 Å². The molecule has 0 aliphatic heterocycles. The fourth-order valence-electron chi connectivity index (χ4n) is 7.65. The first kappa shape index (κ1) is 50.8. The van der Waals surface area contributed by atoms with Gasteiger partial charge in [-0.3, -0.25) is 9.25 Å². The minimum Gasteiger partial charge on any atom is -0.491 e. The van der Waals surface area contributed by atoms with E-state index in [-0.39, 0.29) is 12.8 Å². The van der Waals surface area contributed by atoms with Gasteiger partial charge in [-0.25, -0.2) is 0 Å². The Kier molecular flexibility index (Phi) is 18.8. The van der Waals surface area contributed by atoms with Crippen molar-refractivity contribution in [1.82, 2.24) is 19.7 Å². The zero-order valence-electron chi connectivity index (χ0n) is 38.9. The molecule has 69 heavy (non-hydrogen) atoms. The molecular weight excluding hydrogens is 911 g/mol. The number of rotatable bonds is 29. The van der Waals surface area contributed by atoms with Gasteiger partial charge in [-0.15, -0.1) is 11.6 Å². The zero-order chi connectivity index (χ0) is 48.4. The number of alkyl halides is 4. The monoisotopic (exact) mass is 969 g/mol. The number of hydrogen-bond acceptors (Lipinski definition) is 10. The van der Waals surface area contributed by atoms with Crippen molar-refractivity contribution < 1.29 is 46.3 Å². The minimum absolute atomic E-state index is 0.0714. The fraction of sp³-hybridized carbons (Fsp3) is 0.340. The maximum Gasteiger partial charge on any atom is 0.412 e. The van der Waals surface area contributed by atoms with Crippen LogP contribution in [0.15, 0.2) is 140 Å². The largest absolute Gasteiger partial charge is 0.491 e. The Morgan fingerprint density at radius 3 is 1.90 bits per heavy atom. The van der Waals surface area contributed by atoms with Gasteiger partial charge < -0.3 is 43.4 Å². The number of ether oxygens (including phenoxy) is 7. The van der Waals surface area contributed by atoms with Crippen LogP contribution in [-0.2, 0) is 37.3 Å². The summed E-state index contributed by atoms with van der Waals surface area (Å²) in [6.45, 7) is 14.5. The standard InChI is InChI=1S/C53H59ClF3N5O7/c1-39(36-54)61(37-41-7-5-4-6-8-41)44-14-16-47(17-15-44)69-48-20-18-46(19-21-48)68-34-33-67-32-31-66-30-29-65-28-27-64-26-25-63-24-23-58-40(2)42-9-22-51-49(35-42)50-38-60(3)59-52(50)62(51)45-12-10-43(11-13-45)53(55,56)57/h4-10,12,14-22,35,38,58H,1-2,11,13,23-34,36-37H2,3H3. The van der Waals surface area contributed by atoms with Gasteiger partial charge in [0.15, 0.2) is 5.65 Å². The van der Waals surface area contributed by atoms with Crippen LogP contribution in [-0.4, -0.2) is 106 Å². The predicted octanol–water partition coefficient (Wildman–Crippen LogP) is 10.9. The van der Waals surface area contributed by atoms with Crippen LogP contribution in [0.25, 0.3) is 33.3 Å². The molecule has 0 saturated carbocycles. The third kappa shape index (κ3) is 14.7. The number of allylic oxidation sites excluding steroid dienone is 5. The van der Waals surface area contributed by atoms with Crippen LogP contribution < -0.4 is 19.7 Å². The summed E-state index contributed by atoms with van der Waals surface area (Å²) < 4.78 is 83.4. The summed E-state index contributed by atoms with van der Waals surface area (Å²) in [6.07, 6.45) is 0.515. The van der Waals surface area contributed by atoms with Gasteiger partial charge in [0.2, 0.25) is 0 Å². The highest BCUT2D eigenvalue weighted by Crippen LogP contribution is 2.38. The van der Waals surface area contributed by atoms with Crippen LogP contribution in [0.5, 0.6) is 17.2 Å². The van der Waals surface area contributed by atoms with Gasteiger partial charge >= 0.3 is 6.18 Å². The van der Waals surface area contributed by atoms with Crippen LogP contribution in [0.1, 0.15) is 24.0 Å². The molecule has 2 aromatic heterocycles. The minimum atomic E-state index is -4.32. The van der Waals surface area contributed by atoms with E-state index >= 15 is 0 Å². The summed E-state index contributed by atoms with van der Waals surface area (Å²) in [4.78, 5) is 2.10. The molecule has 366 valence electrons. The highest BCUT2D eigenvalue weighted by Gasteiger charge is 2.34. The molecule has 1 aliphatic rings. The molecule has 0 unspecified atom stereocenters. The molecule has 0 amide bonds. The van der Waals surface area contributed by atoms with Crippen LogP contribution in [0.3, 0.4) is 0 Å². The highest BCUT2D eigenvalue weighted by molar-refractivity contribution is 6.19. The quantitative estimate of drug-likeness (QED) is 0.0361. The number of fused-ring (bicyclic) bond motifs is 3. The van der Waals surface area contributed by atoms with Crippen molar-refractivity contribution in [2.75, 3.05) is 90.0 Å². The summed E-state index contributed by atoms with van der Waals surface area (Å²) in [5.74, 6) is 2.47. The van der Waals surface area contributed by atoms with Crippen LogP contribution >= 0.6 is 11.6 Å². The Morgan fingerprint density at radius 2 is 1.30 bits per heavy atom. The molecule has 2 heterocycles. The Balaban J connectivity index is 0.673. The van der Waals surface area contributed by atoms with Crippen molar-refractivity contribution in [3.8, 4) is 17.2 Å². The second-order valence-electron chi connectivity index (χ2n) is 16.1. The van der Waals surface area contributed by atoms with Crippen molar-refractivity contribution in [2.45, 2.75) is 25.6 Å².